The van der Waals surface area contributed by atoms with E-state index in [1.54, 1.807) is 0 Å². The Morgan fingerprint density at radius 2 is 2.00 bits per heavy atom. The van der Waals surface area contributed by atoms with Crippen LogP contribution in [0, 0.1) is 0 Å². The molecule has 1 aromatic carbocycles. The van der Waals surface area contributed by atoms with Gasteiger partial charge in [-0.15, -0.1) is 10.2 Å². The normalized spacial score (nSPS) is 10.4. The summed E-state index contributed by atoms with van der Waals surface area (Å²) in [5, 5.41) is 8.69. The van der Waals surface area contributed by atoms with Crippen molar-refractivity contribution in [1.82, 2.24) is 10.2 Å². The van der Waals surface area contributed by atoms with Crippen molar-refractivity contribution in [2.75, 3.05) is 0 Å². The summed E-state index contributed by atoms with van der Waals surface area (Å²) in [6.07, 6.45) is 0. The van der Waals surface area contributed by atoms with E-state index in [0.717, 1.165) is 16.8 Å². The molecule has 82 valence electrons. The second-order valence-corrected chi connectivity index (χ2v) is 4.50. The van der Waals surface area contributed by atoms with Crippen LogP contribution in [0.2, 0.25) is 5.02 Å². The Hall–Kier alpha value is -0.970. The van der Waals surface area contributed by atoms with Crippen LogP contribution in [0.1, 0.15) is 5.56 Å². The summed E-state index contributed by atoms with van der Waals surface area (Å²) in [6, 6.07) is 9.29. The zero-order valence-electron chi connectivity index (χ0n) is 8.32. The molecule has 16 heavy (non-hydrogen) atoms. The van der Waals surface area contributed by atoms with Gasteiger partial charge in [-0.3, -0.25) is 0 Å². The molecule has 0 spiro atoms. The Morgan fingerprint density at radius 3 is 2.62 bits per heavy atom. The summed E-state index contributed by atoms with van der Waals surface area (Å²) < 4.78 is 0.701. The van der Waals surface area contributed by atoms with Crippen LogP contribution in [-0.4, -0.2) is 10.2 Å². The van der Waals surface area contributed by atoms with Crippen LogP contribution in [0.5, 0.6) is 0 Å². The average Bonchev–Trinajstić information content (AvgIpc) is 2.30. The molecule has 0 aliphatic heterocycles. The SMILES string of the molecule is NCc1ccc(Cl)cc1-c1ccc(Br)nn1. The molecule has 0 amide bonds. The van der Waals surface area contributed by atoms with Gasteiger partial charge in [-0.05, 0) is 45.8 Å². The van der Waals surface area contributed by atoms with E-state index in [0.29, 0.717) is 16.2 Å². The van der Waals surface area contributed by atoms with Gasteiger partial charge in [-0.1, -0.05) is 17.7 Å². The van der Waals surface area contributed by atoms with Gasteiger partial charge in [-0.2, -0.15) is 0 Å². The molecule has 1 heterocycles. The Kier molecular flexibility index (Phi) is 3.53. The summed E-state index contributed by atoms with van der Waals surface area (Å²) in [6.45, 7) is 0.449. The Balaban J connectivity index is 2.53. The molecular formula is C11H9BrClN3. The largest absolute Gasteiger partial charge is 0.326 e. The van der Waals surface area contributed by atoms with Gasteiger partial charge in [0.15, 0.2) is 0 Å². The molecule has 3 nitrogen and oxygen atoms in total. The van der Waals surface area contributed by atoms with Gasteiger partial charge >= 0.3 is 0 Å². The van der Waals surface area contributed by atoms with E-state index in [-0.39, 0.29) is 0 Å². The zero-order valence-corrected chi connectivity index (χ0v) is 10.7. The van der Waals surface area contributed by atoms with Crippen molar-refractivity contribution in [3.8, 4) is 11.3 Å². The van der Waals surface area contributed by atoms with E-state index in [1.807, 2.05) is 30.3 Å². The predicted molar refractivity (Wildman–Crippen MR) is 68.1 cm³/mol. The molecule has 0 fully saturated rings. The van der Waals surface area contributed by atoms with E-state index in [4.69, 9.17) is 17.3 Å². The topological polar surface area (TPSA) is 51.8 Å². The number of benzene rings is 1. The van der Waals surface area contributed by atoms with Crippen molar-refractivity contribution in [3.05, 3.63) is 45.5 Å². The molecule has 0 saturated carbocycles. The van der Waals surface area contributed by atoms with E-state index in [2.05, 4.69) is 26.1 Å². The fourth-order valence-electron chi connectivity index (χ4n) is 1.42. The van der Waals surface area contributed by atoms with E-state index < -0.39 is 0 Å². The lowest BCUT2D eigenvalue weighted by Crippen LogP contribution is -2.00. The number of rotatable bonds is 2. The maximum absolute atomic E-state index is 5.96. The highest BCUT2D eigenvalue weighted by atomic mass is 79.9. The van der Waals surface area contributed by atoms with Crippen molar-refractivity contribution in [2.45, 2.75) is 6.54 Å². The monoisotopic (exact) mass is 297 g/mol. The Morgan fingerprint density at radius 1 is 1.19 bits per heavy atom. The van der Waals surface area contributed by atoms with Crippen molar-refractivity contribution < 1.29 is 0 Å². The quantitative estimate of drug-likeness (QED) is 0.927. The molecule has 0 radical (unpaired) electrons. The molecule has 0 unspecified atom stereocenters. The van der Waals surface area contributed by atoms with Crippen molar-refractivity contribution in [1.29, 1.82) is 0 Å². The molecule has 0 aliphatic rings. The van der Waals surface area contributed by atoms with Crippen molar-refractivity contribution in [2.24, 2.45) is 5.73 Å². The molecule has 0 aliphatic carbocycles. The minimum atomic E-state index is 0.449. The third-order valence-corrected chi connectivity index (χ3v) is 2.86. The van der Waals surface area contributed by atoms with Gasteiger partial charge in [0, 0.05) is 17.1 Å². The van der Waals surface area contributed by atoms with Crippen LogP contribution in [0.4, 0.5) is 0 Å². The number of halogens is 2. The number of aromatic nitrogens is 2. The van der Waals surface area contributed by atoms with Crippen LogP contribution in [0.25, 0.3) is 11.3 Å². The maximum atomic E-state index is 5.96. The van der Waals surface area contributed by atoms with Crippen LogP contribution in [0.3, 0.4) is 0 Å². The van der Waals surface area contributed by atoms with Gasteiger partial charge in [0.2, 0.25) is 0 Å². The fraction of sp³-hybridized carbons (Fsp3) is 0.0909. The number of hydrogen-bond acceptors (Lipinski definition) is 3. The summed E-state index contributed by atoms with van der Waals surface area (Å²) in [4.78, 5) is 0. The van der Waals surface area contributed by atoms with Crippen molar-refractivity contribution in [3.63, 3.8) is 0 Å². The lowest BCUT2D eigenvalue weighted by Gasteiger charge is -2.07. The van der Waals surface area contributed by atoms with Crippen LogP contribution < -0.4 is 5.73 Å². The highest BCUT2D eigenvalue weighted by molar-refractivity contribution is 9.10. The first kappa shape index (κ1) is 11.5. The third-order valence-electron chi connectivity index (χ3n) is 2.20. The number of nitrogens with zero attached hydrogens (tertiary/aromatic N) is 2. The molecule has 2 rings (SSSR count). The number of nitrogens with two attached hydrogens (primary N) is 1. The first-order valence-corrected chi connectivity index (χ1v) is 5.86. The second kappa shape index (κ2) is 4.91. The average molecular weight is 299 g/mol. The maximum Gasteiger partial charge on any atom is 0.128 e. The summed E-state index contributed by atoms with van der Waals surface area (Å²) >= 11 is 9.20. The molecule has 0 saturated heterocycles. The standard InChI is InChI=1S/C11H9BrClN3/c12-11-4-3-10(15-16-11)9-5-8(13)2-1-7(9)6-14/h1-5H,6,14H2. The smallest absolute Gasteiger partial charge is 0.128 e. The first-order valence-electron chi connectivity index (χ1n) is 4.69. The lowest BCUT2D eigenvalue weighted by molar-refractivity contribution is 1.00. The first-order chi connectivity index (χ1) is 7.70. The fourth-order valence-corrected chi connectivity index (χ4v) is 1.81. The van der Waals surface area contributed by atoms with Crippen LogP contribution in [0.15, 0.2) is 34.9 Å². The van der Waals surface area contributed by atoms with Crippen LogP contribution in [-0.2, 0) is 6.54 Å². The Labute approximate surface area is 107 Å². The zero-order chi connectivity index (χ0) is 11.5. The number of hydrogen-bond donors (Lipinski definition) is 1. The third kappa shape index (κ3) is 2.40. The second-order valence-electron chi connectivity index (χ2n) is 3.25. The molecule has 0 bridgehead atoms. The minimum absolute atomic E-state index is 0.449. The molecule has 0 atom stereocenters. The molecule has 2 N–H and O–H groups in total. The summed E-state index contributed by atoms with van der Waals surface area (Å²) in [5.41, 5.74) is 8.36. The van der Waals surface area contributed by atoms with Gasteiger partial charge in [0.25, 0.3) is 0 Å². The predicted octanol–water partition coefficient (Wildman–Crippen LogP) is 3.02. The highest BCUT2D eigenvalue weighted by Crippen LogP contribution is 2.25. The molecule has 1 aromatic heterocycles. The Bertz CT molecular complexity index is 499. The summed E-state index contributed by atoms with van der Waals surface area (Å²) in [7, 11) is 0. The van der Waals surface area contributed by atoms with E-state index in [9.17, 15) is 0 Å². The van der Waals surface area contributed by atoms with Gasteiger partial charge in [0.1, 0.15) is 4.60 Å². The summed E-state index contributed by atoms with van der Waals surface area (Å²) in [5.74, 6) is 0. The van der Waals surface area contributed by atoms with E-state index >= 15 is 0 Å². The molecule has 2 aromatic rings. The minimum Gasteiger partial charge on any atom is -0.326 e. The van der Waals surface area contributed by atoms with Crippen LogP contribution >= 0.6 is 27.5 Å². The highest BCUT2D eigenvalue weighted by Gasteiger charge is 2.06. The van der Waals surface area contributed by atoms with E-state index in [1.165, 1.54) is 0 Å². The van der Waals surface area contributed by atoms with Gasteiger partial charge in [0.05, 0.1) is 5.69 Å². The van der Waals surface area contributed by atoms with Gasteiger partial charge < -0.3 is 5.73 Å². The molecule has 5 heteroatoms. The van der Waals surface area contributed by atoms with Crippen molar-refractivity contribution >= 4 is 27.5 Å². The lowest BCUT2D eigenvalue weighted by atomic mass is 10.0. The molecular weight excluding hydrogens is 289 g/mol. The van der Waals surface area contributed by atoms with Gasteiger partial charge in [-0.25, -0.2) is 0 Å².